The van der Waals surface area contributed by atoms with Crippen molar-refractivity contribution in [3.8, 4) is 0 Å². The van der Waals surface area contributed by atoms with Gasteiger partial charge in [0.25, 0.3) is 0 Å². The van der Waals surface area contributed by atoms with Crippen molar-refractivity contribution in [3.63, 3.8) is 0 Å². The third kappa shape index (κ3) is 11.7. The smallest absolute Gasteiger partial charge is 0.0403 e. The predicted octanol–water partition coefficient (Wildman–Crippen LogP) is 5.21. The van der Waals surface area contributed by atoms with Crippen LogP contribution in [0, 0.1) is 0 Å². The van der Waals surface area contributed by atoms with E-state index in [-0.39, 0.29) is 0 Å². The number of rotatable bonds is 2. The monoisotopic (exact) mass is 259 g/mol. The number of hydrogen-bond acceptors (Lipinski definition) is 3. The summed E-state index contributed by atoms with van der Waals surface area (Å²) < 4.78 is 6.69. The molecule has 0 aliphatic rings. The molecule has 0 radical (unpaired) electrons. The highest BCUT2D eigenvalue weighted by molar-refractivity contribution is 7.74. The predicted molar refractivity (Wildman–Crippen MR) is 82.0 cm³/mol. The zero-order valence-electron chi connectivity index (χ0n) is 12.4. The van der Waals surface area contributed by atoms with E-state index in [0.29, 0.717) is 5.92 Å². The van der Waals surface area contributed by atoms with Gasteiger partial charge in [0.2, 0.25) is 0 Å². The van der Waals surface area contributed by atoms with Gasteiger partial charge in [-0.1, -0.05) is 48.5 Å². The number of aryl methyl sites for hydroxylation is 1. The molecule has 0 aromatic carbocycles. The zero-order chi connectivity index (χ0) is 14.3. The molecule has 0 atom stereocenters. The van der Waals surface area contributed by atoms with E-state index in [1.54, 1.807) is 0 Å². The summed E-state index contributed by atoms with van der Waals surface area (Å²) in [4.78, 5) is 4.24. The van der Waals surface area contributed by atoms with E-state index in [1.165, 1.54) is 11.3 Å². The number of aromatic nitrogens is 1. The Balaban J connectivity index is -0.000000285. The van der Waals surface area contributed by atoms with Crippen LogP contribution in [-0.4, -0.2) is 9.54 Å². The summed E-state index contributed by atoms with van der Waals surface area (Å²) in [5.41, 5.74) is 2.58. The van der Waals surface area contributed by atoms with Crippen LogP contribution in [-0.2, 0) is 6.42 Å². The second kappa shape index (κ2) is 17.8. The summed E-state index contributed by atoms with van der Waals surface area (Å²) >= 11 is 2.53. The van der Waals surface area contributed by atoms with E-state index in [2.05, 4.69) is 50.8 Å². The minimum atomic E-state index is 0.614. The summed E-state index contributed by atoms with van der Waals surface area (Å²) in [6.45, 7) is 14.5. The SMILES string of the molecule is CC.CC.CCc1cc(C(C)C)ccn1.OS. The summed E-state index contributed by atoms with van der Waals surface area (Å²) in [7, 11) is 0. The van der Waals surface area contributed by atoms with Crippen LogP contribution in [0.4, 0.5) is 0 Å². The molecule has 0 amide bonds. The van der Waals surface area contributed by atoms with Crippen molar-refractivity contribution < 1.29 is 4.55 Å². The lowest BCUT2D eigenvalue weighted by Crippen LogP contribution is -1.91. The summed E-state index contributed by atoms with van der Waals surface area (Å²) in [6, 6.07) is 4.27. The van der Waals surface area contributed by atoms with Gasteiger partial charge in [-0.3, -0.25) is 4.98 Å². The molecule has 1 N–H and O–H groups in total. The molecule has 1 heterocycles. The van der Waals surface area contributed by atoms with Gasteiger partial charge >= 0.3 is 0 Å². The molecule has 2 nitrogen and oxygen atoms in total. The third-order valence-electron chi connectivity index (χ3n) is 1.87. The van der Waals surface area contributed by atoms with Gasteiger partial charge in [-0.05, 0) is 42.9 Å². The van der Waals surface area contributed by atoms with E-state index in [1.807, 2.05) is 33.9 Å². The van der Waals surface area contributed by atoms with Gasteiger partial charge in [-0.15, -0.1) is 0 Å². The van der Waals surface area contributed by atoms with Gasteiger partial charge in [0.15, 0.2) is 0 Å². The summed E-state index contributed by atoms with van der Waals surface area (Å²) in [5.74, 6) is 0.614. The zero-order valence-corrected chi connectivity index (χ0v) is 13.3. The topological polar surface area (TPSA) is 33.1 Å². The Hall–Kier alpha value is -0.540. The lowest BCUT2D eigenvalue weighted by Gasteiger charge is -2.05. The van der Waals surface area contributed by atoms with Crippen molar-refractivity contribution in [2.45, 2.75) is 60.8 Å². The van der Waals surface area contributed by atoms with Crippen LogP contribution in [0.2, 0.25) is 0 Å². The molecule has 0 saturated carbocycles. The maximum absolute atomic E-state index is 6.69. The maximum atomic E-state index is 6.69. The number of hydrogen-bond donors (Lipinski definition) is 2. The largest absolute Gasteiger partial charge is 0.333 e. The number of pyridine rings is 1. The lowest BCUT2D eigenvalue weighted by molar-refractivity contribution is 0.679. The van der Waals surface area contributed by atoms with Gasteiger partial charge < -0.3 is 4.55 Å². The average molecular weight is 259 g/mol. The molecule has 3 heteroatoms. The van der Waals surface area contributed by atoms with Crippen molar-refractivity contribution in [3.05, 3.63) is 29.6 Å². The highest BCUT2D eigenvalue weighted by Crippen LogP contribution is 2.13. The van der Waals surface area contributed by atoms with E-state index >= 15 is 0 Å². The first-order chi connectivity index (χ1) is 8.24. The molecular weight excluding hydrogens is 230 g/mol. The summed E-state index contributed by atoms with van der Waals surface area (Å²) in [5, 5.41) is 0. The highest BCUT2D eigenvalue weighted by atomic mass is 32.1. The Labute approximate surface area is 113 Å². The molecule has 0 unspecified atom stereocenters. The van der Waals surface area contributed by atoms with Gasteiger partial charge in [0, 0.05) is 11.9 Å². The average Bonchev–Trinajstić information content (AvgIpc) is 2.45. The first kappa shape index (κ1) is 21.7. The van der Waals surface area contributed by atoms with Crippen molar-refractivity contribution in [2.75, 3.05) is 0 Å². The van der Waals surface area contributed by atoms with Crippen LogP contribution < -0.4 is 0 Å². The number of thiol groups is 1. The van der Waals surface area contributed by atoms with Crippen molar-refractivity contribution in [2.24, 2.45) is 0 Å². The molecular formula is C14H29NOS. The van der Waals surface area contributed by atoms with E-state index in [0.717, 1.165) is 6.42 Å². The molecule has 1 aromatic heterocycles. The Morgan fingerprint density at radius 3 is 2.00 bits per heavy atom. The van der Waals surface area contributed by atoms with E-state index in [9.17, 15) is 0 Å². The van der Waals surface area contributed by atoms with Crippen LogP contribution >= 0.6 is 12.9 Å². The molecule has 1 rings (SSSR count). The van der Waals surface area contributed by atoms with E-state index < -0.39 is 0 Å². The molecule has 0 bridgehead atoms. The van der Waals surface area contributed by atoms with Crippen LogP contribution in [0.25, 0.3) is 0 Å². The first-order valence-electron chi connectivity index (χ1n) is 6.39. The fourth-order valence-corrected chi connectivity index (χ4v) is 1.05. The minimum Gasteiger partial charge on any atom is -0.333 e. The van der Waals surface area contributed by atoms with Gasteiger partial charge in [0.05, 0.1) is 0 Å². The normalized spacial score (nSPS) is 7.88. The summed E-state index contributed by atoms with van der Waals surface area (Å²) in [6.07, 6.45) is 2.93. The van der Waals surface area contributed by atoms with Crippen LogP contribution in [0.5, 0.6) is 0 Å². The Morgan fingerprint density at radius 1 is 1.18 bits per heavy atom. The molecule has 17 heavy (non-hydrogen) atoms. The standard InChI is InChI=1S/C10H15N.2C2H6.H2OS/c1-4-10-7-9(8(2)3)5-6-11-10;3*1-2/h5-8H,4H2,1-3H3;2*1-2H3;1-2H. The van der Waals surface area contributed by atoms with Gasteiger partial charge in [-0.25, -0.2) is 0 Å². The Bertz CT molecular complexity index is 239. The number of nitrogens with zero attached hydrogens (tertiary/aromatic N) is 1. The Morgan fingerprint density at radius 2 is 1.65 bits per heavy atom. The fraction of sp³-hybridized carbons (Fsp3) is 0.643. The van der Waals surface area contributed by atoms with Crippen molar-refractivity contribution >= 4 is 12.9 Å². The van der Waals surface area contributed by atoms with Gasteiger partial charge in [-0.2, -0.15) is 0 Å². The second-order valence-corrected chi connectivity index (χ2v) is 3.09. The molecule has 0 aliphatic heterocycles. The third-order valence-corrected chi connectivity index (χ3v) is 1.87. The lowest BCUT2D eigenvalue weighted by atomic mass is 10.0. The highest BCUT2D eigenvalue weighted by Gasteiger charge is 1.98. The quantitative estimate of drug-likeness (QED) is 0.564. The van der Waals surface area contributed by atoms with Crippen molar-refractivity contribution in [1.29, 1.82) is 0 Å². The molecule has 102 valence electrons. The Kier molecular flexibility index (Phi) is 22.8. The fourth-order valence-electron chi connectivity index (χ4n) is 1.05. The molecule has 1 aromatic rings. The van der Waals surface area contributed by atoms with Gasteiger partial charge in [0.1, 0.15) is 0 Å². The first-order valence-corrected chi connectivity index (χ1v) is 6.79. The van der Waals surface area contributed by atoms with Crippen LogP contribution in [0.15, 0.2) is 18.3 Å². The van der Waals surface area contributed by atoms with Crippen molar-refractivity contribution in [1.82, 2.24) is 4.98 Å². The van der Waals surface area contributed by atoms with E-state index in [4.69, 9.17) is 4.55 Å². The second-order valence-electron chi connectivity index (χ2n) is 3.09. The molecule has 0 fully saturated rings. The molecule has 0 saturated heterocycles. The molecule has 0 spiro atoms. The van der Waals surface area contributed by atoms with Crippen LogP contribution in [0.1, 0.15) is 65.6 Å². The maximum Gasteiger partial charge on any atom is 0.0403 e. The van der Waals surface area contributed by atoms with Crippen LogP contribution in [0.3, 0.4) is 0 Å². The molecule has 0 aliphatic carbocycles. The minimum absolute atomic E-state index is 0.614.